The van der Waals surface area contributed by atoms with Crippen molar-refractivity contribution >= 4 is 0 Å². The van der Waals surface area contributed by atoms with Crippen LogP contribution in [0, 0.1) is 11.8 Å². The van der Waals surface area contributed by atoms with Crippen molar-refractivity contribution in [2.75, 3.05) is 13.1 Å². The minimum absolute atomic E-state index is 0.755. The summed E-state index contributed by atoms with van der Waals surface area (Å²) in [7, 11) is 0. The molecule has 76 valence electrons. The minimum atomic E-state index is 0.755. The summed E-state index contributed by atoms with van der Waals surface area (Å²) in [5.41, 5.74) is 5.79. The lowest BCUT2D eigenvalue weighted by atomic mass is 9.79. The van der Waals surface area contributed by atoms with Crippen LogP contribution in [0.25, 0.3) is 0 Å². The molecule has 2 nitrogen and oxygen atoms in total. The second kappa shape index (κ2) is 4.43. The molecule has 0 aromatic heterocycles. The van der Waals surface area contributed by atoms with Gasteiger partial charge in [0.15, 0.2) is 0 Å². The van der Waals surface area contributed by atoms with E-state index in [-0.39, 0.29) is 0 Å². The lowest BCUT2D eigenvalue weighted by molar-refractivity contribution is 0.248. The van der Waals surface area contributed by atoms with Gasteiger partial charge in [0.1, 0.15) is 0 Å². The molecule has 2 fully saturated rings. The Morgan fingerprint density at radius 2 is 1.85 bits per heavy atom. The molecule has 1 saturated heterocycles. The van der Waals surface area contributed by atoms with Gasteiger partial charge in [-0.25, -0.2) is 0 Å². The van der Waals surface area contributed by atoms with Crippen LogP contribution in [-0.2, 0) is 0 Å². The van der Waals surface area contributed by atoms with Crippen molar-refractivity contribution in [1.29, 1.82) is 0 Å². The first-order chi connectivity index (χ1) is 6.42. The topological polar surface area (TPSA) is 38.0 Å². The number of hydrogen-bond acceptors (Lipinski definition) is 2. The van der Waals surface area contributed by atoms with Crippen LogP contribution in [-0.4, -0.2) is 19.1 Å². The van der Waals surface area contributed by atoms with Crippen molar-refractivity contribution in [1.82, 2.24) is 5.32 Å². The average Bonchev–Trinajstić information content (AvgIpc) is 2.67. The summed E-state index contributed by atoms with van der Waals surface area (Å²) in [4.78, 5) is 0. The molecule has 2 atom stereocenters. The fraction of sp³-hybridized carbons (Fsp3) is 1.00. The van der Waals surface area contributed by atoms with Gasteiger partial charge in [0.25, 0.3) is 0 Å². The first kappa shape index (κ1) is 9.47. The molecule has 2 aliphatic rings. The van der Waals surface area contributed by atoms with Crippen LogP contribution >= 0.6 is 0 Å². The van der Waals surface area contributed by atoms with Crippen LogP contribution in [0.3, 0.4) is 0 Å². The Morgan fingerprint density at radius 3 is 2.54 bits per heavy atom. The predicted octanol–water partition coefficient (Wildman–Crippen LogP) is 1.50. The van der Waals surface area contributed by atoms with Crippen LogP contribution in [0.15, 0.2) is 0 Å². The molecule has 3 N–H and O–H groups in total. The maximum atomic E-state index is 5.79. The predicted molar refractivity (Wildman–Crippen MR) is 55.5 cm³/mol. The van der Waals surface area contributed by atoms with Crippen molar-refractivity contribution < 1.29 is 0 Å². The highest BCUT2D eigenvalue weighted by molar-refractivity contribution is 4.90. The second-order valence-corrected chi connectivity index (χ2v) is 4.66. The number of hydrogen-bond donors (Lipinski definition) is 2. The average molecular weight is 182 g/mol. The van der Waals surface area contributed by atoms with Crippen LogP contribution in [0.2, 0.25) is 0 Å². The van der Waals surface area contributed by atoms with E-state index in [0.29, 0.717) is 0 Å². The van der Waals surface area contributed by atoms with Crippen LogP contribution in [0.1, 0.15) is 38.5 Å². The molecule has 1 aliphatic carbocycles. The third-order valence-electron chi connectivity index (χ3n) is 3.86. The second-order valence-electron chi connectivity index (χ2n) is 4.66. The summed E-state index contributed by atoms with van der Waals surface area (Å²) in [5, 5.41) is 3.65. The number of nitrogens with one attached hydrogen (secondary N) is 1. The third-order valence-corrected chi connectivity index (χ3v) is 3.86. The summed E-state index contributed by atoms with van der Waals surface area (Å²) in [6.07, 6.45) is 8.52. The fourth-order valence-corrected chi connectivity index (χ4v) is 3.09. The Morgan fingerprint density at radius 1 is 1.08 bits per heavy atom. The van der Waals surface area contributed by atoms with Gasteiger partial charge in [-0.1, -0.05) is 19.3 Å². The molecule has 0 aromatic rings. The largest absolute Gasteiger partial charge is 0.330 e. The first-order valence-corrected chi connectivity index (χ1v) is 5.85. The summed E-state index contributed by atoms with van der Waals surface area (Å²) in [6, 6.07) is 0.755. The van der Waals surface area contributed by atoms with Gasteiger partial charge >= 0.3 is 0 Å². The van der Waals surface area contributed by atoms with E-state index < -0.39 is 0 Å². The molecule has 0 radical (unpaired) electrons. The Bertz CT molecular complexity index is 152. The number of rotatable bonds is 2. The maximum absolute atomic E-state index is 5.79. The smallest absolute Gasteiger partial charge is 0.0136 e. The summed E-state index contributed by atoms with van der Waals surface area (Å²) in [6.45, 7) is 2.08. The van der Waals surface area contributed by atoms with Crippen molar-refractivity contribution in [2.24, 2.45) is 17.6 Å². The van der Waals surface area contributed by atoms with E-state index in [1.807, 2.05) is 0 Å². The van der Waals surface area contributed by atoms with Gasteiger partial charge in [0.05, 0.1) is 0 Å². The summed E-state index contributed by atoms with van der Waals surface area (Å²) < 4.78 is 0. The molecular weight excluding hydrogens is 160 g/mol. The van der Waals surface area contributed by atoms with E-state index in [9.17, 15) is 0 Å². The molecule has 2 rings (SSSR count). The van der Waals surface area contributed by atoms with Gasteiger partial charge in [0.2, 0.25) is 0 Å². The zero-order valence-corrected chi connectivity index (χ0v) is 8.47. The van der Waals surface area contributed by atoms with Crippen molar-refractivity contribution in [2.45, 2.75) is 44.6 Å². The fourth-order valence-electron chi connectivity index (χ4n) is 3.09. The molecule has 2 heteroatoms. The van der Waals surface area contributed by atoms with E-state index in [2.05, 4.69) is 5.32 Å². The molecule has 0 aromatic carbocycles. The van der Waals surface area contributed by atoms with Crippen molar-refractivity contribution in [3.63, 3.8) is 0 Å². The molecule has 0 spiro atoms. The quantitative estimate of drug-likeness (QED) is 0.679. The molecule has 1 heterocycles. The maximum Gasteiger partial charge on any atom is 0.0136 e. The van der Waals surface area contributed by atoms with Crippen LogP contribution < -0.4 is 11.1 Å². The minimum Gasteiger partial charge on any atom is -0.330 e. The normalized spacial score (nSPS) is 36.7. The number of nitrogens with two attached hydrogens (primary N) is 1. The Balaban J connectivity index is 1.90. The van der Waals surface area contributed by atoms with Gasteiger partial charge in [0, 0.05) is 6.04 Å². The Labute approximate surface area is 81.3 Å². The molecule has 0 amide bonds. The molecule has 13 heavy (non-hydrogen) atoms. The zero-order valence-electron chi connectivity index (χ0n) is 8.47. The van der Waals surface area contributed by atoms with Gasteiger partial charge < -0.3 is 11.1 Å². The third kappa shape index (κ3) is 2.05. The molecule has 2 unspecified atom stereocenters. The SMILES string of the molecule is NCC1CCNC1C1CCCCC1. The van der Waals surface area contributed by atoms with Crippen molar-refractivity contribution in [3.8, 4) is 0 Å². The molecular formula is C11H22N2. The van der Waals surface area contributed by atoms with E-state index in [4.69, 9.17) is 5.73 Å². The van der Waals surface area contributed by atoms with Gasteiger partial charge in [-0.2, -0.15) is 0 Å². The van der Waals surface area contributed by atoms with Crippen molar-refractivity contribution in [3.05, 3.63) is 0 Å². The van der Waals surface area contributed by atoms with E-state index in [1.165, 1.54) is 45.1 Å². The summed E-state index contributed by atoms with van der Waals surface area (Å²) >= 11 is 0. The Hall–Kier alpha value is -0.0800. The summed E-state index contributed by atoms with van der Waals surface area (Å²) in [5.74, 6) is 1.70. The van der Waals surface area contributed by atoms with Gasteiger partial charge in [-0.15, -0.1) is 0 Å². The Kier molecular flexibility index (Phi) is 3.23. The molecule has 1 aliphatic heterocycles. The molecule has 1 saturated carbocycles. The lowest BCUT2D eigenvalue weighted by Crippen LogP contribution is -2.38. The zero-order chi connectivity index (χ0) is 9.10. The highest BCUT2D eigenvalue weighted by Gasteiger charge is 2.32. The van der Waals surface area contributed by atoms with Gasteiger partial charge in [-0.05, 0) is 44.2 Å². The standard InChI is InChI=1S/C11H22N2/c12-8-10-6-7-13-11(10)9-4-2-1-3-5-9/h9-11,13H,1-8,12H2. The van der Waals surface area contributed by atoms with Crippen LogP contribution in [0.4, 0.5) is 0 Å². The first-order valence-electron chi connectivity index (χ1n) is 5.85. The van der Waals surface area contributed by atoms with E-state index >= 15 is 0 Å². The van der Waals surface area contributed by atoms with E-state index in [0.717, 1.165) is 24.4 Å². The van der Waals surface area contributed by atoms with Crippen LogP contribution in [0.5, 0.6) is 0 Å². The van der Waals surface area contributed by atoms with Gasteiger partial charge in [-0.3, -0.25) is 0 Å². The van der Waals surface area contributed by atoms with E-state index in [1.54, 1.807) is 0 Å². The monoisotopic (exact) mass is 182 g/mol. The highest BCUT2D eigenvalue weighted by atomic mass is 15.0. The lowest BCUT2D eigenvalue weighted by Gasteiger charge is -2.31. The molecule has 0 bridgehead atoms. The highest BCUT2D eigenvalue weighted by Crippen LogP contribution is 2.32.